The van der Waals surface area contributed by atoms with Gasteiger partial charge in [-0.25, -0.2) is 4.98 Å². The third-order valence-corrected chi connectivity index (χ3v) is 4.14. The number of benzene rings is 1. The summed E-state index contributed by atoms with van der Waals surface area (Å²) in [5.41, 5.74) is 3.67. The summed E-state index contributed by atoms with van der Waals surface area (Å²) in [6.45, 7) is 2.52. The van der Waals surface area contributed by atoms with Gasteiger partial charge in [0.1, 0.15) is 5.82 Å². The third-order valence-electron chi connectivity index (χ3n) is 3.82. The molecule has 0 radical (unpaired) electrons. The molecule has 23 heavy (non-hydrogen) atoms. The standard InChI is InChI=1S/C16H15ClN6/c1-10-8-15(23-14(20-10)6-7-19-23)18-9-12-16-11(17)4-3-5-13(16)22(2)21-12/h3-8,18H,9H2,1-2H3. The van der Waals surface area contributed by atoms with Crippen LogP contribution in [0.5, 0.6) is 0 Å². The fourth-order valence-corrected chi connectivity index (χ4v) is 3.09. The highest BCUT2D eigenvalue weighted by Crippen LogP contribution is 2.27. The highest BCUT2D eigenvalue weighted by Gasteiger charge is 2.12. The highest BCUT2D eigenvalue weighted by molar-refractivity contribution is 6.35. The van der Waals surface area contributed by atoms with Gasteiger partial charge >= 0.3 is 0 Å². The van der Waals surface area contributed by atoms with E-state index in [4.69, 9.17) is 11.6 Å². The first-order chi connectivity index (χ1) is 11.1. The zero-order valence-electron chi connectivity index (χ0n) is 12.8. The van der Waals surface area contributed by atoms with Crippen molar-refractivity contribution in [3.05, 3.63) is 52.9 Å². The average molecular weight is 327 g/mol. The predicted octanol–water partition coefficient (Wildman–Crippen LogP) is 3.19. The molecule has 0 aliphatic carbocycles. The van der Waals surface area contributed by atoms with E-state index in [1.807, 2.05) is 49.0 Å². The Morgan fingerprint density at radius 1 is 1.26 bits per heavy atom. The Morgan fingerprint density at radius 2 is 2.13 bits per heavy atom. The molecule has 3 aromatic heterocycles. The lowest BCUT2D eigenvalue weighted by molar-refractivity contribution is 0.769. The maximum absolute atomic E-state index is 6.35. The van der Waals surface area contributed by atoms with Crippen molar-refractivity contribution in [3.8, 4) is 0 Å². The highest BCUT2D eigenvalue weighted by atomic mass is 35.5. The van der Waals surface area contributed by atoms with Gasteiger partial charge in [0, 0.05) is 30.3 Å². The molecule has 6 nitrogen and oxygen atoms in total. The number of aromatic nitrogens is 5. The van der Waals surface area contributed by atoms with Crippen LogP contribution in [0.25, 0.3) is 16.6 Å². The number of anilines is 1. The van der Waals surface area contributed by atoms with Gasteiger partial charge in [-0.05, 0) is 19.1 Å². The van der Waals surface area contributed by atoms with Crippen molar-refractivity contribution in [1.29, 1.82) is 0 Å². The quantitative estimate of drug-likeness (QED) is 0.628. The molecule has 0 unspecified atom stereocenters. The van der Waals surface area contributed by atoms with Crippen LogP contribution >= 0.6 is 11.6 Å². The monoisotopic (exact) mass is 326 g/mol. The van der Waals surface area contributed by atoms with Gasteiger partial charge in [-0.3, -0.25) is 4.68 Å². The second kappa shape index (κ2) is 5.24. The van der Waals surface area contributed by atoms with Gasteiger partial charge in [-0.15, -0.1) is 0 Å². The Morgan fingerprint density at radius 3 is 3.00 bits per heavy atom. The molecule has 0 bridgehead atoms. The Kier molecular flexibility index (Phi) is 3.20. The first-order valence-corrected chi connectivity index (χ1v) is 7.66. The molecule has 0 amide bonds. The molecule has 4 rings (SSSR count). The zero-order chi connectivity index (χ0) is 16.0. The lowest BCUT2D eigenvalue weighted by Crippen LogP contribution is -2.07. The van der Waals surface area contributed by atoms with Crippen molar-refractivity contribution in [3.63, 3.8) is 0 Å². The Balaban J connectivity index is 1.73. The van der Waals surface area contributed by atoms with Crippen LogP contribution in [0.3, 0.4) is 0 Å². The van der Waals surface area contributed by atoms with Crippen LogP contribution in [0.1, 0.15) is 11.4 Å². The molecule has 3 heterocycles. The average Bonchev–Trinajstić information content (AvgIpc) is 3.10. The van der Waals surface area contributed by atoms with E-state index in [-0.39, 0.29) is 0 Å². The van der Waals surface area contributed by atoms with Crippen LogP contribution in [0.4, 0.5) is 5.82 Å². The van der Waals surface area contributed by atoms with E-state index >= 15 is 0 Å². The van der Waals surface area contributed by atoms with Gasteiger partial charge in [-0.1, -0.05) is 17.7 Å². The van der Waals surface area contributed by atoms with Crippen molar-refractivity contribution < 1.29 is 0 Å². The minimum absolute atomic E-state index is 0.555. The van der Waals surface area contributed by atoms with Crippen LogP contribution in [0, 0.1) is 6.92 Å². The van der Waals surface area contributed by atoms with E-state index in [2.05, 4.69) is 20.5 Å². The van der Waals surface area contributed by atoms with Crippen molar-refractivity contribution in [2.24, 2.45) is 7.05 Å². The lowest BCUT2D eigenvalue weighted by Gasteiger charge is -2.08. The Hall–Kier alpha value is -2.60. The van der Waals surface area contributed by atoms with Gasteiger partial charge in [-0.2, -0.15) is 14.7 Å². The third kappa shape index (κ3) is 2.31. The molecule has 0 spiro atoms. The van der Waals surface area contributed by atoms with E-state index in [9.17, 15) is 0 Å². The smallest absolute Gasteiger partial charge is 0.157 e. The Bertz CT molecular complexity index is 1020. The van der Waals surface area contributed by atoms with E-state index < -0.39 is 0 Å². The summed E-state index contributed by atoms with van der Waals surface area (Å²) >= 11 is 6.35. The fourth-order valence-electron chi connectivity index (χ4n) is 2.82. The molecule has 0 saturated heterocycles. The van der Waals surface area contributed by atoms with Crippen LogP contribution < -0.4 is 5.32 Å². The van der Waals surface area contributed by atoms with Crippen LogP contribution in [0.2, 0.25) is 5.02 Å². The summed E-state index contributed by atoms with van der Waals surface area (Å²) in [6.07, 6.45) is 1.74. The number of halogens is 1. The lowest BCUT2D eigenvalue weighted by atomic mass is 10.2. The molecule has 0 aliphatic rings. The van der Waals surface area contributed by atoms with E-state index in [1.165, 1.54) is 0 Å². The SMILES string of the molecule is Cc1cc(NCc2nn(C)c3cccc(Cl)c23)n2nccc2n1. The van der Waals surface area contributed by atoms with E-state index in [0.29, 0.717) is 11.6 Å². The number of rotatable bonds is 3. The number of hydrogen-bond donors (Lipinski definition) is 1. The number of nitrogens with zero attached hydrogens (tertiary/aromatic N) is 5. The van der Waals surface area contributed by atoms with Crippen molar-refractivity contribution in [1.82, 2.24) is 24.4 Å². The van der Waals surface area contributed by atoms with Gasteiger partial charge in [0.2, 0.25) is 0 Å². The van der Waals surface area contributed by atoms with Gasteiger partial charge < -0.3 is 5.32 Å². The van der Waals surface area contributed by atoms with Gasteiger partial charge in [0.15, 0.2) is 5.65 Å². The summed E-state index contributed by atoms with van der Waals surface area (Å²) in [7, 11) is 1.92. The molecule has 1 aromatic carbocycles. The summed E-state index contributed by atoms with van der Waals surface area (Å²) in [4.78, 5) is 4.44. The predicted molar refractivity (Wildman–Crippen MR) is 90.8 cm³/mol. The number of nitrogens with one attached hydrogen (secondary N) is 1. The minimum atomic E-state index is 0.555. The summed E-state index contributed by atoms with van der Waals surface area (Å²) in [5, 5.41) is 14.0. The second-order valence-electron chi connectivity index (χ2n) is 5.44. The number of fused-ring (bicyclic) bond motifs is 2. The molecule has 0 fully saturated rings. The van der Waals surface area contributed by atoms with E-state index in [0.717, 1.165) is 33.8 Å². The topological polar surface area (TPSA) is 60.0 Å². The second-order valence-corrected chi connectivity index (χ2v) is 5.85. The molecule has 0 atom stereocenters. The molecule has 116 valence electrons. The molecular weight excluding hydrogens is 312 g/mol. The molecular formula is C16H15ClN6. The van der Waals surface area contributed by atoms with Crippen LogP contribution in [-0.2, 0) is 13.6 Å². The summed E-state index contributed by atoms with van der Waals surface area (Å²) in [5.74, 6) is 0.878. The van der Waals surface area contributed by atoms with E-state index in [1.54, 1.807) is 10.7 Å². The summed E-state index contributed by atoms with van der Waals surface area (Å²) in [6, 6.07) is 9.68. The normalized spacial score (nSPS) is 11.4. The van der Waals surface area contributed by atoms with Crippen LogP contribution in [-0.4, -0.2) is 24.4 Å². The van der Waals surface area contributed by atoms with Crippen molar-refractivity contribution in [2.45, 2.75) is 13.5 Å². The largest absolute Gasteiger partial charge is 0.364 e. The van der Waals surface area contributed by atoms with Gasteiger partial charge in [0.05, 0.1) is 29.0 Å². The first kappa shape index (κ1) is 14.0. The van der Waals surface area contributed by atoms with Crippen LogP contribution in [0.15, 0.2) is 36.5 Å². The summed E-state index contributed by atoms with van der Waals surface area (Å²) < 4.78 is 3.62. The zero-order valence-corrected chi connectivity index (χ0v) is 13.5. The number of hydrogen-bond acceptors (Lipinski definition) is 4. The maximum Gasteiger partial charge on any atom is 0.157 e. The van der Waals surface area contributed by atoms with Crippen molar-refractivity contribution in [2.75, 3.05) is 5.32 Å². The molecule has 7 heteroatoms. The Labute approximate surface area is 137 Å². The maximum atomic E-state index is 6.35. The minimum Gasteiger partial charge on any atom is -0.364 e. The molecule has 0 saturated carbocycles. The first-order valence-electron chi connectivity index (χ1n) is 7.29. The molecule has 0 aliphatic heterocycles. The molecule has 1 N–H and O–H groups in total. The fraction of sp³-hybridized carbons (Fsp3) is 0.188. The van der Waals surface area contributed by atoms with Crippen molar-refractivity contribution >= 4 is 34.0 Å². The van der Waals surface area contributed by atoms with Gasteiger partial charge in [0.25, 0.3) is 0 Å². The molecule has 4 aromatic rings. The number of aryl methyl sites for hydroxylation is 2.